The molecule has 0 bridgehead atoms. The molecule has 0 saturated heterocycles. The molecule has 1 N–H and O–H groups in total. The fourth-order valence-corrected chi connectivity index (χ4v) is 1.72. The van der Waals surface area contributed by atoms with Crippen molar-refractivity contribution in [3.05, 3.63) is 44.6 Å². The highest BCUT2D eigenvalue weighted by molar-refractivity contribution is 7.09. The molecule has 2 aromatic rings. The smallest absolute Gasteiger partial charge is 0.283 e. The predicted molar refractivity (Wildman–Crippen MR) is 46.5 cm³/mol. The first-order valence-corrected chi connectivity index (χ1v) is 4.41. The van der Waals surface area contributed by atoms with Crippen molar-refractivity contribution in [1.82, 2.24) is 5.16 Å². The molecule has 62 valence electrons. The van der Waals surface area contributed by atoms with Gasteiger partial charge in [0, 0.05) is 11.3 Å². The normalized spacial score (nSPS) is 10.3. The average molecular weight is 181 g/mol. The molecule has 0 fully saturated rings. The number of aromatic amines is 1. The van der Waals surface area contributed by atoms with Crippen LogP contribution in [0.25, 0.3) is 0 Å². The van der Waals surface area contributed by atoms with Crippen molar-refractivity contribution in [2.75, 3.05) is 0 Å². The molecule has 0 aliphatic heterocycles. The third-order valence-electron chi connectivity index (χ3n) is 1.59. The Morgan fingerprint density at radius 3 is 3.08 bits per heavy atom. The van der Waals surface area contributed by atoms with Crippen LogP contribution in [0.5, 0.6) is 0 Å². The maximum absolute atomic E-state index is 11.0. The summed E-state index contributed by atoms with van der Waals surface area (Å²) in [6.07, 6.45) is 2.12. The molecule has 2 aromatic heterocycles. The maximum atomic E-state index is 11.0. The SMILES string of the molecule is O=c1[nH]occ1Cc1cccs1. The highest BCUT2D eigenvalue weighted by Crippen LogP contribution is 2.11. The molecular formula is C8H7NO2S. The molecule has 12 heavy (non-hydrogen) atoms. The van der Waals surface area contributed by atoms with E-state index in [1.165, 1.54) is 11.1 Å². The topological polar surface area (TPSA) is 46.0 Å². The van der Waals surface area contributed by atoms with Gasteiger partial charge in [-0.25, -0.2) is 0 Å². The van der Waals surface area contributed by atoms with Gasteiger partial charge in [-0.1, -0.05) is 6.07 Å². The van der Waals surface area contributed by atoms with Crippen LogP contribution in [-0.2, 0) is 6.42 Å². The van der Waals surface area contributed by atoms with Gasteiger partial charge in [0.05, 0.1) is 5.56 Å². The van der Waals surface area contributed by atoms with Gasteiger partial charge in [-0.15, -0.1) is 11.3 Å². The van der Waals surface area contributed by atoms with E-state index >= 15 is 0 Å². The summed E-state index contributed by atoms with van der Waals surface area (Å²) in [6, 6.07) is 3.96. The monoisotopic (exact) mass is 181 g/mol. The zero-order valence-electron chi connectivity index (χ0n) is 6.24. The molecule has 0 aliphatic carbocycles. The highest BCUT2D eigenvalue weighted by Gasteiger charge is 2.03. The average Bonchev–Trinajstić information content (AvgIpc) is 2.65. The molecule has 0 aliphatic rings. The molecule has 0 aromatic carbocycles. The van der Waals surface area contributed by atoms with Gasteiger partial charge < -0.3 is 4.52 Å². The van der Waals surface area contributed by atoms with E-state index < -0.39 is 0 Å². The van der Waals surface area contributed by atoms with Gasteiger partial charge in [-0.05, 0) is 11.4 Å². The molecule has 4 heteroatoms. The van der Waals surface area contributed by atoms with E-state index in [4.69, 9.17) is 0 Å². The first-order chi connectivity index (χ1) is 5.86. The molecule has 2 rings (SSSR count). The number of thiophene rings is 1. The van der Waals surface area contributed by atoms with Gasteiger partial charge in [0.15, 0.2) is 0 Å². The number of aromatic nitrogens is 1. The van der Waals surface area contributed by atoms with Crippen LogP contribution >= 0.6 is 11.3 Å². The summed E-state index contributed by atoms with van der Waals surface area (Å²) in [6.45, 7) is 0. The van der Waals surface area contributed by atoms with Crippen LogP contribution in [0.3, 0.4) is 0 Å². The van der Waals surface area contributed by atoms with E-state index in [0.29, 0.717) is 12.0 Å². The van der Waals surface area contributed by atoms with Crippen LogP contribution in [0.4, 0.5) is 0 Å². The summed E-state index contributed by atoms with van der Waals surface area (Å²) < 4.78 is 4.66. The lowest BCUT2D eigenvalue weighted by molar-refractivity contribution is 0.413. The van der Waals surface area contributed by atoms with Gasteiger partial charge in [0.25, 0.3) is 5.56 Å². The van der Waals surface area contributed by atoms with Crippen molar-refractivity contribution in [2.45, 2.75) is 6.42 Å². The Morgan fingerprint density at radius 1 is 1.58 bits per heavy atom. The van der Waals surface area contributed by atoms with Crippen LogP contribution in [0.2, 0.25) is 0 Å². The lowest BCUT2D eigenvalue weighted by Crippen LogP contribution is -2.04. The second kappa shape index (κ2) is 2.98. The van der Waals surface area contributed by atoms with Crippen LogP contribution < -0.4 is 5.56 Å². The van der Waals surface area contributed by atoms with E-state index in [0.717, 1.165) is 0 Å². The molecule has 0 spiro atoms. The Labute approximate surface area is 72.6 Å². The standard InChI is InChI=1S/C8H7NO2S/c10-8-6(5-11-9-8)4-7-2-1-3-12-7/h1-3,5H,4H2,(H,9,10). The summed E-state index contributed by atoms with van der Waals surface area (Å²) in [5.74, 6) is 0. The third-order valence-corrected chi connectivity index (χ3v) is 2.47. The Bertz CT molecular complexity index is 399. The molecule has 0 amide bonds. The van der Waals surface area contributed by atoms with Crippen molar-refractivity contribution in [3.8, 4) is 0 Å². The Morgan fingerprint density at radius 2 is 2.50 bits per heavy atom. The summed E-state index contributed by atoms with van der Waals surface area (Å²) in [5.41, 5.74) is 0.542. The second-order valence-corrected chi connectivity index (χ2v) is 3.48. The van der Waals surface area contributed by atoms with E-state index in [1.807, 2.05) is 17.5 Å². The molecule has 0 radical (unpaired) electrons. The first kappa shape index (κ1) is 7.36. The Hall–Kier alpha value is -1.29. The van der Waals surface area contributed by atoms with Crippen LogP contribution in [0, 0.1) is 0 Å². The zero-order chi connectivity index (χ0) is 8.39. The summed E-state index contributed by atoms with van der Waals surface area (Å²) in [7, 11) is 0. The van der Waals surface area contributed by atoms with E-state index in [-0.39, 0.29) is 5.56 Å². The summed E-state index contributed by atoms with van der Waals surface area (Å²) >= 11 is 1.64. The van der Waals surface area contributed by atoms with Crippen LogP contribution in [0.15, 0.2) is 33.1 Å². The summed E-state index contributed by atoms with van der Waals surface area (Å²) in [5, 5.41) is 4.24. The van der Waals surface area contributed by atoms with Crippen molar-refractivity contribution in [2.24, 2.45) is 0 Å². The number of nitrogens with one attached hydrogen (secondary N) is 1. The van der Waals surface area contributed by atoms with Crippen LogP contribution in [-0.4, -0.2) is 5.16 Å². The van der Waals surface area contributed by atoms with Gasteiger partial charge in [0.1, 0.15) is 6.26 Å². The van der Waals surface area contributed by atoms with Crippen molar-refractivity contribution in [1.29, 1.82) is 0 Å². The largest absolute Gasteiger partial charge is 0.387 e. The summed E-state index contributed by atoms with van der Waals surface area (Å²) in [4.78, 5) is 12.2. The molecule has 0 atom stereocenters. The third kappa shape index (κ3) is 1.33. The van der Waals surface area contributed by atoms with Crippen molar-refractivity contribution < 1.29 is 4.52 Å². The lowest BCUT2D eigenvalue weighted by atomic mass is 10.2. The molecule has 0 unspecified atom stereocenters. The van der Waals surface area contributed by atoms with Gasteiger partial charge in [-0.3, -0.25) is 4.79 Å². The van der Waals surface area contributed by atoms with Gasteiger partial charge >= 0.3 is 0 Å². The van der Waals surface area contributed by atoms with Crippen molar-refractivity contribution in [3.63, 3.8) is 0 Å². The predicted octanol–water partition coefficient (Wildman–Crippen LogP) is 1.62. The number of hydrogen-bond acceptors (Lipinski definition) is 3. The van der Waals surface area contributed by atoms with Crippen LogP contribution in [0.1, 0.15) is 10.4 Å². The van der Waals surface area contributed by atoms with E-state index in [2.05, 4.69) is 9.68 Å². The minimum atomic E-state index is -0.136. The lowest BCUT2D eigenvalue weighted by Gasteiger charge is -1.87. The van der Waals surface area contributed by atoms with Gasteiger partial charge in [0.2, 0.25) is 0 Å². The Balaban J connectivity index is 2.25. The minimum Gasteiger partial charge on any atom is -0.387 e. The number of rotatable bonds is 2. The zero-order valence-corrected chi connectivity index (χ0v) is 7.06. The molecule has 3 nitrogen and oxygen atoms in total. The second-order valence-electron chi connectivity index (χ2n) is 2.45. The first-order valence-electron chi connectivity index (χ1n) is 3.53. The maximum Gasteiger partial charge on any atom is 0.283 e. The number of hydrogen-bond donors (Lipinski definition) is 1. The highest BCUT2D eigenvalue weighted by atomic mass is 32.1. The molecular weight excluding hydrogens is 174 g/mol. The van der Waals surface area contributed by atoms with E-state index in [9.17, 15) is 4.79 Å². The van der Waals surface area contributed by atoms with E-state index in [1.54, 1.807) is 11.3 Å². The quantitative estimate of drug-likeness (QED) is 0.765. The van der Waals surface area contributed by atoms with Crippen molar-refractivity contribution >= 4 is 11.3 Å². The molecule has 2 heterocycles. The minimum absolute atomic E-state index is 0.136. The number of H-pyrrole nitrogens is 1. The van der Waals surface area contributed by atoms with Gasteiger partial charge in [-0.2, -0.15) is 5.16 Å². The Kier molecular flexibility index (Phi) is 1.83. The fraction of sp³-hybridized carbons (Fsp3) is 0.125. The molecule has 0 saturated carbocycles. The fourth-order valence-electron chi connectivity index (χ4n) is 0.996.